The summed E-state index contributed by atoms with van der Waals surface area (Å²) in [5.74, 6) is -0.358. The second-order valence-corrected chi connectivity index (χ2v) is 7.42. The number of aromatic nitrogens is 1. The zero-order valence-electron chi connectivity index (χ0n) is 14.1. The number of hydrogen-bond acceptors (Lipinski definition) is 7. The van der Waals surface area contributed by atoms with Crippen molar-refractivity contribution in [3.63, 3.8) is 0 Å². The molecular weight excluding hydrogens is 338 g/mol. The molecule has 1 unspecified atom stereocenters. The average Bonchev–Trinajstić information content (AvgIpc) is 3.31. The Labute approximate surface area is 150 Å². The zero-order valence-corrected chi connectivity index (χ0v) is 14.9. The molecule has 0 saturated carbocycles. The molecule has 0 spiro atoms. The van der Waals surface area contributed by atoms with E-state index >= 15 is 0 Å². The standard InChI is InChI=1S/C18H21N3O3S/c1-24-18(23)13-8-11(21-6-2-3-7-21)4-5-12(13)17-20-14-9-19-10-15(22)16(14)25-17/h4-5,8,15,19,22H,2-3,6-7,9-10H2,1H3. The topological polar surface area (TPSA) is 74.7 Å². The van der Waals surface area contributed by atoms with Gasteiger partial charge in [0.2, 0.25) is 0 Å². The average molecular weight is 359 g/mol. The summed E-state index contributed by atoms with van der Waals surface area (Å²) in [5.41, 5.74) is 3.20. The van der Waals surface area contributed by atoms with Crippen LogP contribution in [-0.4, -0.2) is 42.8 Å². The van der Waals surface area contributed by atoms with Crippen LogP contribution in [0.3, 0.4) is 0 Å². The number of aliphatic hydroxyl groups is 1. The Hall–Kier alpha value is -1.96. The van der Waals surface area contributed by atoms with Crippen molar-refractivity contribution in [2.24, 2.45) is 0 Å². The number of hydrogen-bond donors (Lipinski definition) is 2. The lowest BCUT2D eigenvalue weighted by molar-refractivity contribution is 0.0601. The van der Waals surface area contributed by atoms with Crippen LogP contribution in [0.2, 0.25) is 0 Å². The van der Waals surface area contributed by atoms with Crippen LogP contribution in [0.4, 0.5) is 5.69 Å². The number of aliphatic hydroxyl groups excluding tert-OH is 1. The molecule has 0 bridgehead atoms. The lowest BCUT2D eigenvalue weighted by Gasteiger charge is -2.19. The first kappa shape index (κ1) is 16.5. The Bertz CT molecular complexity index is 799. The first-order valence-electron chi connectivity index (χ1n) is 8.53. The smallest absolute Gasteiger partial charge is 0.338 e. The highest BCUT2D eigenvalue weighted by Crippen LogP contribution is 2.37. The molecule has 1 fully saturated rings. The molecule has 1 atom stereocenters. The maximum atomic E-state index is 12.4. The normalized spacial score (nSPS) is 19.8. The fourth-order valence-corrected chi connectivity index (χ4v) is 4.56. The van der Waals surface area contributed by atoms with Crippen molar-refractivity contribution < 1.29 is 14.6 Å². The van der Waals surface area contributed by atoms with Crippen molar-refractivity contribution in [2.45, 2.75) is 25.5 Å². The van der Waals surface area contributed by atoms with Gasteiger partial charge >= 0.3 is 5.97 Å². The van der Waals surface area contributed by atoms with Gasteiger partial charge in [0.05, 0.1) is 23.2 Å². The highest BCUT2D eigenvalue weighted by atomic mass is 32.1. The van der Waals surface area contributed by atoms with Crippen LogP contribution in [0.15, 0.2) is 18.2 Å². The minimum absolute atomic E-state index is 0.358. The quantitative estimate of drug-likeness (QED) is 0.820. The molecular formula is C18H21N3O3S. The predicted molar refractivity (Wildman–Crippen MR) is 97.0 cm³/mol. The van der Waals surface area contributed by atoms with Crippen LogP contribution in [0, 0.1) is 0 Å². The SMILES string of the molecule is COC(=O)c1cc(N2CCCC2)ccc1-c1nc2c(s1)C(O)CNC2. The number of benzene rings is 1. The lowest BCUT2D eigenvalue weighted by Crippen LogP contribution is -2.26. The third-order valence-corrected chi connectivity index (χ3v) is 6.00. The molecule has 7 heteroatoms. The van der Waals surface area contributed by atoms with Crippen LogP contribution in [0.5, 0.6) is 0 Å². The summed E-state index contributed by atoms with van der Waals surface area (Å²) in [6.07, 6.45) is 1.82. The molecule has 2 aromatic rings. The van der Waals surface area contributed by atoms with Gasteiger partial charge in [-0.15, -0.1) is 11.3 Å². The van der Waals surface area contributed by atoms with E-state index in [9.17, 15) is 9.90 Å². The van der Waals surface area contributed by atoms with Gasteiger partial charge in [-0.3, -0.25) is 0 Å². The Morgan fingerprint density at radius 2 is 2.20 bits per heavy atom. The molecule has 1 saturated heterocycles. The van der Waals surface area contributed by atoms with Crippen LogP contribution >= 0.6 is 11.3 Å². The highest BCUT2D eigenvalue weighted by molar-refractivity contribution is 7.15. The van der Waals surface area contributed by atoms with Crippen LogP contribution < -0.4 is 10.2 Å². The maximum Gasteiger partial charge on any atom is 0.338 e. The molecule has 2 aliphatic rings. The number of thiazole rings is 1. The first-order valence-corrected chi connectivity index (χ1v) is 9.35. The third kappa shape index (κ3) is 3.03. The molecule has 0 radical (unpaired) electrons. The van der Waals surface area contributed by atoms with Gasteiger partial charge in [-0.2, -0.15) is 0 Å². The summed E-state index contributed by atoms with van der Waals surface area (Å²) in [6, 6.07) is 5.90. The number of β-amino-alcohol motifs (C(OH)–C–C–N with tert-alkyl or cyclic N) is 1. The summed E-state index contributed by atoms with van der Waals surface area (Å²) in [7, 11) is 1.40. The van der Waals surface area contributed by atoms with Crippen molar-refractivity contribution in [1.82, 2.24) is 10.3 Å². The van der Waals surface area contributed by atoms with E-state index in [1.54, 1.807) is 0 Å². The largest absolute Gasteiger partial charge is 0.465 e. The van der Waals surface area contributed by atoms with Gasteiger partial charge in [-0.1, -0.05) is 0 Å². The highest BCUT2D eigenvalue weighted by Gasteiger charge is 2.25. The molecule has 1 aromatic carbocycles. The number of nitrogens with one attached hydrogen (secondary N) is 1. The van der Waals surface area contributed by atoms with Gasteiger partial charge in [0, 0.05) is 37.4 Å². The van der Waals surface area contributed by atoms with Gasteiger partial charge < -0.3 is 20.1 Å². The zero-order chi connectivity index (χ0) is 17.4. The molecule has 6 nitrogen and oxygen atoms in total. The second kappa shape index (κ2) is 6.74. The third-order valence-electron chi connectivity index (χ3n) is 4.77. The van der Waals surface area contributed by atoms with E-state index in [4.69, 9.17) is 4.74 Å². The predicted octanol–water partition coefficient (Wildman–Crippen LogP) is 2.33. The van der Waals surface area contributed by atoms with Gasteiger partial charge in [0.25, 0.3) is 0 Å². The number of esters is 1. The van der Waals surface area contributed by atoms with E-state index in [1.807, 2.05) is 18.2 Å². The fourth-order valence-electron chi connectivity index (χ4n) is 3.46. The summed E-state index contributed by atoms with van der Waals surface area (Å²) >= 11 is 1.45. The van der Waals surface area contributed by atoms with Crippen LogP contribution in [0.1, 0.15) is 39.9 Å². The number of carbonyl (C=O) groups excluding carboxylic acids is 1. The molecule has 0 aliphatic carbocycles. The van der Waals surface area contributed by atoms with Crippen molar-refractivity contribution in [2.75, 3.05) is 31.6 Å². The molecule has 2 aliphatic heterocycles. The fraction of sp³-hybridized carbons (Fsp3) is 0.444. The van der Waals surface area contributed by atoms with Gasteiger partial charge in [-0.05, 0) is 31.0 Å². The van der Waals surface area contributed by atoms with E-state index in [2.05, 4.69) is 15.2 Å². The molecule has 132 valence electrons. The van der Waals surface area contributed by atoms with E-state index in [0.717, 1.165) is 39.9 Å². The second-order valence-electron chi connectivity index (χ2n) is 6.39. The van der Waals surface area contributed by atoms with E-state index in [0.29, 0.717) is 18.7 Å². The molecule has 0 amide bonds. The summed E-state index contributed by atoms with van der Waals surface area (Å²) < 4.78 is 5.00. The van der Waals surface area contributed by atoms with E-state index in [1.165, 1.54) is 31.3 Å². The molecule has 1 aromatic heterocycles. The van der Waals surface area contributed by atoms with Crippen molar-refractivity contribution in [1.29, 1.82) is 0 Å². The minimum Gasteiger partial charge on any atom is -0.465 e. The summed E-state index contributed by atoms with van der Waals surface area (Å²) in [4.78, 5) is 20.2. The summed E-state index contributed by atoms with van der Waals surface area (Å²) in [5, 5.41) is 14.0. The number of methoxy groups -OCH3 is 1. The molecule has 2 N–H and O–H groups in total. The summed E-state index contributed by atoms with van der Waals surface area (Å²) in [6.45, 7) is 3.21. The van der Waals surface area contributed by atoms with Crippen LogP contribution in [-0.2, 0) is 11.3 Å². The Morgan fingerprint density at radius 3 is 2.92 bits per heavy atom. The molecule has 4 rings (SSSR count). The number of fused-ring (bicyclic) bond motifs is 1. The molecule has 3 heterocycles. The number of rotatable bonds is 3. The van der Waals surface area contributed by atoms with Crippen molar-refractivity contribution in [3.8, 4) is 10.6 Å². The van der Waals surface area contributed by atoms with Crippen LogP contribution in [0.25, 0.3) is 10.6 Å². The monoisotopic (exact) mass is 359 g/mol. The Balaban J connectivity index is 1.77. The van der Waals surface area contributed by atoms with Crippen molar-refractivity contribution in [3.05, 3.63) is 34.3 Å². The number of anilines is 1. The Kier molecular flexibility index (Phi) is 4.45. The van der Waals surface area contributed by atoms with Crippen molar-refractivity contribution >= 4 is 23.0 Å². The van der Waals surface area contributed by atoms with Gasteiger partial charge in [-0.25, -0.2) is 9.78 Å². The van der Waals surface area contributed by atoms with E-state index < -0.39 is 6.10 Å². The number of ether oxygens (including phenoxy) is 1. The molecule has 25 heavy (non-hydrogen) atoms. The number of nitrogens with zero attached hydrogens (tertiary/aromatic N) is 2. The maximum absolute atomic E-state index is 12.4. The van der Waals surface area contributed by atoms with Gasteiger partial charge in [0.1, 0.15) is 11.1 Å². The van der Waals surface area contributed by atoms with Gasteiger partial charge in [0.15, 0.2) is 0 Å². The minimum atomic E-state index is -0.541. The first-order chi connectivity index (χ1) is 12.2. The lowest BCUT2D eigenvalue weighted by atomic mass is 10.1. The number of carbonyl (C=O) groups is 1. The van der Waals surface area contributed by atoms with E-state index in [-0.39, 0.29) is 5.97 Å². The Morgan fingerprint density at radius 1 is 1.40 bits per heavy atom.